The summed E-state index contributed by atoms with van der Waals surface area (Å²) in [5.74, 6) is -1.12. The quantitative estimate of drug-likeness (QED) is 0.573. The summed E-state index contributed by atoms with van der Waals surface area (Å²) in [6, 6.07) is 3.63. The fraction of sp³-hybridized carbons (Fsp3) is 0.364. The van der Waals surface area contributed by atoms with Crippen molar-refractivity contribution in [2.24, 2.45) is 0 Å². The fourth-order valence-electron chi connectivity index (χ4n) is 1.07. The third-order valence-electron chi connectivity index (χ3n) is 1.55. The zero-order valence-electron chi connectivity index (χ0n) is 9.00. The highest BCUT2D eigenvalue weighted by Crippen LogP contribution is 2.15. The van der Waals surface area contributed by atoms with E-state index in [1.54, 1.807) is 20.8 Å². The molecule has 4 heteroatoms. The second-order valence-electron chi connectivity index (χ2n) is 4.28. The lowest BCUT2D eigenvalue weighted by atomic mass is 10.1. The van der Waals surface area contributed by atoms with Crippen molar-refractivity contribution in [3.8, 4) is 0 Å². The minimum absolute atomic E-state index is 0.127. The van der Waals surface area contributed by atoms with Gasteiger partial charge in [-0.15, -0.1) is 0 Å². The van der Waals surface area contributed by atoms with Crippen LogP contribution in [-0.2, 0) is 4.74 Å². The number of benzene rings is 1. The van der Waals surface area contributed by atoms with Crippen molar-refractivity contribution in [1.29, 1.82) is 0 Å². The van der Waals surface area contributed by atoms with Crippen molar-refractivity contribution in [1.82, 2.24) is 0 Å². The Morgan fingerprint density at radius 1 is 1.33 bits per heavy atom. The maximum atomic E-state index is 12.9. The fourth-order valence-corrected chi connectivity index (χ4v) is 1.07. The van der Waals surface area contributed by atoms with Gasteiger partial charge in [-0.1, -0.05) is 0 Å². The molecule has 0 radical (unpaired) electrons. The van der Waals surface area contributed by atoms with Crippen LogP contribution in [0.2, 0.25) is 0 Å². The maximum Gasteiger partial charge on any atom is 0.338 e. The number of hydrogen-bond acceptors (Lipinski definition) is 3. The van der Waals surface area contributed by atoms with Crippen molar-refractivity contribution in [2.45, 2.75) is 26.4 Å². The van der Waals surface area contributed by atoms with Crippen LogP contribution in [0.5, 0.6) is 0 Å². The molecule has 2 N–H and O–H groups in total. The molecule has 0 amide bonds. The van der Waals surface area contributed by atoms with Crippen molar-refractivity contribution >= 4 is 11.7 Å². The molecule has 0 unspecified atom stereocenters. The summed E-state index contributed by atoms with van der Waals surface area (Å²) in [6.45, 7) is 5.23. The van der Waals surface area contributed by atoms with E-state index in [0.717, 1.165) is 12.1 Å². The molecule has 0 saturated heterocycles. The highest BCUT2D eigenvalue weighted by atomic mass is 19.1. The van der Waals surface area contributed by atoms with E-state index < -0.39 is 17.4 Å². The van der Waals surface area contributed by atoms with Crippen molar-refractivity contribution in [2.75, 3.05) is 5.73 Å². The van der Waals surface area contributed by atoms with Crippen LogP contribution in [0, 0.1) is 5.82 Å². The summed E-state index contributed by atoms with van der Waals surface area (Å²) in [5, 5.41) is 0. The number of hydrogen-bond donors (Lipinski definition) is 1. The Kier molecular flexibility index (Phi) is 2.98. The SMILES string of the molecule is CC(C)(C)OC(=O)c1cc(N)cc(F)c1. The third-order valence-corrected chi connectivity index (χ3v) is 1.55. The lowest BCUT2D eigenvalue weighted by molar-refractivity contribution is 0.00691. The molecule has 1 aromatic rings. The van der Waals surface area contributed by atoms with Gasteiger partial charge in [-0.3, -0.25) is 0 Å². The average molecular weight is 211 g/mol. The van der Waals surface area contributed by atoms with E-state index in [1.807, 2.05) is 0 Å². The van der Waals surface area contributed by atoms with Gasteiger partial charge in [-0.2, -0.15) is 0 Å². The van der Waals surface area contributed by atoms with Gasteiger partial charge in [-0.25, -0.2) is 9.18 Å². The van der Waals surface area contributed by atoms with Gasteiger partial charge < -0.3 is 10.5 Å². The lowest BCUT2D eigenvalue weighted by Gasteiger charge is -2.19. The van der Waals surface area contributed by atoms with E-state index >= 15 is 0 Å². The smallest absolute Gasteiger partial charge is 0.338 e. The zero-order chi connectivity index (χ0) is 11.6. The van der Waals surface area contributed by atoms with Crippen LogP contribution < -0.4 is 5.73 Å². The number of nitrogens with two attached hydrogens (primary N) is 1. The first-order valence-corrected chi connectivity index (χ1v) is 4.57. The molecular weight excluding hydrogens is 197 g/mol. The molecule has 3 nitrogen and oxygen atoms in total. The van der Waals surface area contributed by atoms with Crippen LogP contribution in [0.25, 0.3) is 0 Å². The standard InChI is InChI=1S/C11H14FNO2/c1-11(2,3)15-10(14)7-4-8(12)6-9(13)5-7/h4-6H,13H2,1-3H3. The Labute approximate surface area is 88.0 Å². The third kappa shape index (κ3) is 3.58. The van der Waals surface area contributed by atoms with Gasteiger partial charge in [0.25, 0.3) is 0 Å². The first-order chi connectivity index (χ1) is 6.78. The number of anilines is 1. The predicted molar refractivity (Wildman–Crippen MR) is 56.0 cm³/mol. The molecule has 1 rings (SSSR count). The van der Waals surface area contributed by atoms with Gasteiger partial charge in [0.2, 0.25) is 0 Å². The van der Waals surface area contributed by atoms with Gasteiger partial charge in [-0.05, 0) is 39.0 Å². The summed E-state index contributed by atoms with van der Waals surface area (Å²) in [6.07, 6.45) is 0. The van der Waals surface area contributed by atoms with Crippen LogP contribution in [0.15, 0.2) is 18.2 Å². The molecule has 15 heavy (non-hydrogen) atoms. The van der Waals surface area contributed by atoms with Crippen LogP contribution in [0.3, 0.4) is 0 Å². The molecule has 0 aliphatic rings. The molecule has 0 saturated carbocycles. The molecular formula is C11H14FNO2. The van der Waals surface area contributed by atoms with Crippen LogP contribution >= 0.6 is 0 Å². The maximum absolute atomic E-state index is 12.9. The highest BCUT2D eigenvalue weighted by Gasteiger charge is 2.18. The largest absolute Gasteiger partial charge is 0.456 e. The van der Waals surface area contributed by atoms with Crippen LogP contribution in [-0.4, -0.2) is 11.6 Å². The number of ether oxygens (including phenoxy) is 1. The number of carbonyl (C=O) groups is 1. The molecule has 0 fully saturated rings. The minimum Gasteiger partial charge on any atom is -0.456 e. The van der Waals surface area contributed by atoms with Gasteiger partial charge in [0.1, 0.15) is 11.4 Å². The minimum atomic E-state index is -0.599. The van der Waals surface area contributed by atoms with E-state index in [-0.39, 0.29) is 11.3 Å². The molecule has 0 heterocycles. The molecule has 0 aliphatic heterocycles. The molecule has 1 aromatic carbocycles. The zero-order valence-corrected chi connectivity index (χ0v) is 9.00. The van der Waals surface area contributed by atoms with Crippen LogP contribution in [0.4, 0.5) is 10.1 Å². The summed E-state index contributed by atoms with van der Waals surface area (Å²) >= 11 is 0. The van der Waals surface area contributed by atoms with E-state index in [9.17, 15) is 9.18 Å². The second kappa shape index (κ2) is 3.88. The Hall–Kier alpha value is -1.58. The summed E-state index contributed by atoms with van der Waals surface area (Å²) < 4.78 is 18.0. The van der Waals surface area contributed by atoms with Crippen molar-refractivity contribution < 1.29 is 13.9 Å². The summed E-state index contributed by atoms with van der Waals surface area (Å²) in [4.78, 5) is 11.5. The highest BCUT2D eigenvalue weighted by molar-refractivity contribution is 5.90. The summed E-state index contributed by atoms with van der Waals surface area (Å²) in [5.41, 5.74) is 5.15. The van der Waals surface area contributed by atoms with Gasteiger partial charge in [0.05, 0.1) is 5.56 Å². The number of nitrogen functional groups attached to an aromatic ring is 1. The molecule has 0 bridgehead atoms. The Morgan fingerprint density at radius 2 is 1.93 bits per heavy atom. The van der Waals surface area contributed by atoms with Crippen molar-refractivity contribution in [3.05, 3.63) is 29.6 Å². The first kappa shape index (κ1) is 11.5. The monoisotopic (exact) mass is 211 g/mol. The second-order valence-corrected chi connectivity index (χ2v) is 4.28. The Morgan fingerprint density at radius 3 is 2.40 bits per heavy atom. The van der Waals surface area contributed by atoms with E-state index in [2.05, 4.69) is 0 Å². The molecule has 0 aromatic heterocycles. The number of rotatable bonds is 1. The molecule has 0 spiro atoms. The normalized spacial score (nSPS) is 11.2. The number of esters is 1. The topological polar surface area (TPSA) is 52.3 Å². The average Bonchev–Trinajstić information content (AvgIpc) is 1.98. The Bertz CT molecular complexity index is 362. The predicted octanol–water partition coefficient (Wildman–Crippen LogP) is 2.36. The van der Waals surface area contributed by atoms with Crippen LogP contribution in [0.1, 0.15) is 31.1 Å². The van der Waals surface area contributed by atoms with E-state index in [1.165, 1.54) is 6.07 Å². The Balaban J connectivity index is 2.92. The number of carbonyl (C=O) groups excluding carboxylic acids is 1. The molecule has 82 valence electrons. The van der Waals surface area contributed by atoms with E-state index in [4.69, 9.17) is 10.5 Å². The number of halogens is 1. The van der Waals surface area contributed by atoms with Gasteiger partial charge in [0.15, 0.2) is 0 Å². The first-order valence-electron chi connectivity index (χ1n) is 4.57. The van der Waals surface area contributed by atoms with Gasteiger partial charge in [0, 0.05) is 5.69 Å². The molecule has 0 aliphatic carbocycles. The van der Waals surface area contributed by atoms with Gasteiger partial charge >= 0.3 is 5.97 Å². The molecule has 0 atom stereocenters. The van der Waals surface area contributed by atoms with Crippen molar-refractivity contribution in [3.63, 3.8) is 0 Å². The van der Waals surface area contributed by atoms with E-state index in [0.29, 0.717) is 0 Å². The summed E-state index contributed by atoms with van der Waals surface area (Å²) in [7, 11) is 0. The lowest BCUT2D eigenvalue weighted by Crippen LogP contribution is -2.24.